The fourth-order valence-corrected chi connectivity index (χ4v) is 0.512. The van der Waals surface area contributed by atoms with Crippen molar-refractivity contribution in [3.63, 3.8) is 0 Å². The van der Waals surface area contributed by atoms with Crippen LogP contribution < -0.4 is 0 Å². The molecule has 0 saturated carbocycles. The molecular weight excluding hydrogens is 104 g/mol. The van der Waals surface area contributed by atoms with Crippen molar-refractivity contribution in [3.05, 3.63) is 12.8 Å². The van der Waals surface area contributed by atoms with Crippen LogP contribution in [0.3, 0.4) is 0 Å². The highest BCUT2D eigenvalue weighted by atomic mass is 16.2. The van der Waals surface area contributed by atoms with E-state index in [9.17, 15) is 4.79 Å². The minimum absolute atomic E-state index is 0.222. The summed E-state index contributed by atoms with van der Waals surface area (Å²) in [7, 11) is 0. The summed E-state index contributed by atoms with van der Waals surface area (Å²) in [4.78, 5) is 15.4. The normalized spacial score (nSPS) is 17.5. The highest BCUT2D eigenvalue weighted by molar-refractivity contribution is 5.91. The van der Waals surface area contributed by atoms with Crippen LogP contribution in [0.2, 0.25) is 0 Å². The predicted octanol–water partition coefficient (Wildman–Crippen LogP) is 0.636. The largest absolute Gasteiger partial charge is 0.347 e. The molecule has 1 aliphatic heterocycles. The summed E-state index contributed by atoms with van der Waals surface area (Å²) >= 11 is 0. The van der Waals surface area contributed by atoms with Crippen LogP contribution in [0.15, 0.2) is 17.8 Å². The van der Waals surface area contributed by atoms with Crippen LogP contribution in [-0.2, 0) is 0 Å². The van der Waals surface area contributed by atoms with Crippen LogP contribution in [0.5, 0.6) is 0 Å². The Labute approximate surface area is 47.3 Å². The summed E-state index contributed by atoms with van der Waals surface area (Å²) in [5.74, 6) is 0. The molecule has 0 unspecified atom stereocenters. The lowest BCUT2D eigenvalue weighted by Gasteiger charge is -2.03. The molecule has 3 nitrogen and oxygen atoms in total. The van der Waals surface area contributed by atoms with Crippen molar-refractivity contribution in [1.82, 2.24) is 4.90 Å². The van der Waals surface area contributed by atoms with Gasteiger partial charge in [0.25, 0.3) is 0 Å². The highest BCUT2D eigenvalue weighted by Crippen LogP contribution is 1.97. The average molecular weight is 110 g/mol. The van der Waals surface area contributed by atoms with Gasteiger partial charge in [-0.05, 0) is 0 Å². The van der Waals surface area contributed by atoms with Crippen LogP contribution >= 0.6 is 0 Å². The zero-order valence-electron chi connectivity index (χ0n) is 4.37. The lowest BCUT2D eigenvalue weighted by Crippen LogP contribution is -2.16. The van der Waals surface area contributed by atoms with Crippen LogP contribution in [-0.4, -0.2) is 23.7 Å². The molecule has 1 heterocycles. The van der Waals surface area contributed by atoms with Gasteiger partial charge >= 0.3 is 6.03 Å². The maximum absolute atomic E-state index is 10.5. The number of hydrogen-bond donors (Lipinski definition) is 0. The van der Waals surface area contributed by atoms with Gasteiger partial charge < -0.3 is 0 Å². The molecule has 0 aromatic carbocycles. The Balaban J connectivity index is 2.63. The fourth-order valence-electron chi connectivity index (χ4n) is 0.512. The molecule has 0 bridgehead atoms. The molecule has 1 rings (SSSR count). The van der Waals surface area contributed by atoms with Gasteiger partial charge in [-0.15, -0.1) is 0 Å². The molecule has 1 aliphatic rings. The Kier molecular flexibility index (Phi) is 1.12. The first-order valence-electron chi connectivity index (χ1n) is 2.30. The molecule has 8 heavy (non-hydrogen) atoms. The van der Waals surface area contributed by atoms with Crippen LogP contribution in [0.4, 0.5) is 4.79 Å². The first-order chi connectivity index (χ1) is 3.84. The summed E-state index contributed by atoms with van der Waals surface area (Å²) in [6.45, 7) is 3.99. The molecule has 0 spiro atoms. The minimum atomic E-state index is -0.222. The molecule has 0 radical (unpaired) electrons. The van der Waals surface area contributed by atoms with Gasteiger partial charge in [-0.1, -0.05) is 6.58 Å². The third kappa shape index (κ3) is 0.621. The number of hydrogen-bond acceptors (Lipinski definition) is 1. The summed E-state index contributed by atoms with van der Waals surface area (Å²) in [6.07, 6.45) is 3.03. The van der Waals surface area contributed by atoms with Crippen molar-refractivity contribution < 1.29 is 4.79 Å². The van der Waals surface area contributed by atoms with E-state index < -0.39 is 0 Å². The van der Waals surface area contributed by atoms with Crippen molar-refractivity contribution in [2.75, 3.05) is 6.54 Å². The monoisotopic (exact) mass is 110 g/mol. The van der Waals surface area contributed by atoms with E-state index in [0.29, 0.717) is 6.54 Å². The quantitative estimate of drug-likeness (QED) is 0.487. The maximum Gasteiger partial charge on any atom is 0.347 e. The number of rotatable bonds is 1. The number of carbonyl (C=O) groups excluding carboxylic acids is 1. The first kappa shape index (κ1) is 5.03. The smallest absolute Gasteiger partial charge is 0.294 e. The minimum Gasteiger partial charge on any atom is -0.294 e. The molecule has 0 saturated heterocycles. The molecule has 0 N–H and O–H groups in total. The van der Waals surface area contributed by atoms with E-state index in [0.717, 1.165) is 0 Å². The molecule has 3 heteroatoms. The number of urea groups is 1. The van der Waals surface area contributed by atoms with E-state index in [-0.39, 0.29) is 6.03 Å². The zero-order valence-corrected chi connectivity index (χ0v) is 4.37. The zero-order chi connectivity index (χ0) is 5.98. The van der Waals surface area contributed by atoms with Gasteiger partial charge in [-0.3, -0.25) is 4.90 Å². The number of aliphatic imine (C=N–C) groups is 1. The van der Waals surface area contributed by atoms with Gasteiger partial charge in [-0.2, -0.15) is 0 Å². The molecular formula is C5H6N2O. The molecule has 0 aromatic heterocycles. The number of nitrogens with zero attached hydrogens (tertiary/aromatic N) is 2. The summed E-state index contributed by atoms with van der Waals surface area (Å²) < 4.78 is 0. The highest BCUT2D eigenvalue weighted by Gasteiger charge is 2.10. The van der Waals surface area contributed by atoms with Crippen molar-refractivity contribution in [1.29, 1.82) is 0 Å². The third-order valence-corrected chi connectivity index (χ3v) is 0.946. The third-order valence-electron chi connectivity index (χ3n) is 0.946. The maximum atomic E-state index is 10.5. The molecule has 0 aliphatic carbocycles. The lowest BCUT2D eigenvalue weighted by molar-refractivity contribution is 0.233. The van der Waals surface area contributed by atoms with E-state index >= 15 is 0 Å². The summed E-state index contributed by atoms with van der Waals surface area (Å²) in [5.41, 5.74) is 0. The summed E-state index contributed by atoms with van der Waals surface area (Å²) in [6, 6.07) is -0.222. The van der Waals surface area contributed by atoms with Crippen LogP contribution in [0.1, 0.15) is 0 Å². The Morgan fingerprint density at radius 1 is 2.00 bits per heavy atom. The van der Waals surface area contributed by atoms with Gasteiger partial charge in [0.1, 0.15) is 0 Å². The van der Waals surface area contributed by atoms with Gasteiger partial charge in [0.2, 0.25) is 0 Å². The van der Waals surface area contributed by atoms with E-state index in [1.54, 1.807) is 6.21 Å². The number of amides is 2. The van der Waals surface area contributed by atoms with E-state index in [2.05, 4.69) is 11.6 Å². The standard InChI is InChI=1S/C5H6N2O/c1-2-7-4-3-6-5(7)8/h2-3H,1,4H2. The Bertz CT molecular complexity index is 151. The fraction of sp³-hybridized carbons (Fsp3) is 0.200. The lowest BCUT2D eigenvalue weighted by atomic mass is 10.6. The second-order valence-electron chi connectivity index (χ2n) is 1.43. The first-order valence-corrected chi connectivity index (χ1v) is 2.30. The molecule has 2 amide bonds. The van der Waals surface area contributed by atoms with Crippen LogP contribution in [0.25, 0.3) is 0 Å². The topological polar surface area (TPSA) is 32.7 Å². The molecule has 0 atom stereocenters. The van der Waals surface area contributed by atoms with Gasteiger partial charge in [-0.25, -0.2) is 9.79 Å². The second-order valence-corrected chi connectivity index (χ2v) is 1.43. The van der Waals surface area contributed by atoms with E-state index in [4.69, 9.17) is 0 Å². The molecule has 42 valence electrons. The van der Waals surface area contributed by atoms with Crippen molar-refractivity contribution in [2.24, 2.45) is 4.99 Å². The van der Waals surface area contributed by atoms with Crippen molar-refractivity contribution >= 4 is 12.2 Å². The Morgan fingerprint density at radius 2 is 2.75 bits per heavy atom. The van der Waals surface area contributed by atoms with Crippen molar-refractivity contribution in [3.8, 4) is 0 Å². The SMILES string of the molecule is C=CN1CC=NC1=O. The Hall–Kier alpha value is -1.12. The average Bonchev–Trinajstić information content (AvgIpc) is 2.14. The molecule has 0 aromatic rings. The second kappa shape index (κ2) is 1.78. The van der Waals surface area contributed by atoms with Gasteiger partial charge in [0.05, 0.1) is 6.54 Å². The Morgan fingerprint density at radius 3 is 3.00 bits per heavy atom. The summed E-state index contributed by atoms with van der Waals surface area (Å²) in [5, 5.41) is 0. The van der Waals surface area contributed by atoms with E-state index in [1.165, 1.54) is 11.1 Å². The van der Waals surface area contributed by atoms with Crippen LogP contribution in [0, 0.1) is 0 Å². The van der Waals surface area contributed by atoms with E-state index in [1.807, 2.05) is 0 Å². The van der Waals surface area contributed by atoms with Crippen molar-refractivity contribution in [2.45, 2.75) is 0 Å². The number of carbonyl (C=O) groups is 1. The van der Waals surface area contributed by atoms with Gasteiger partial charge in [0, 0.05) is 12.4 Å². The molecule has 0 fully saturated rings. The predicted molar refractivity (Wildman–Crippen MR) is 30.8 cm³/mol. The van der Waals surface area contributed by atoms with Gasteiger partial charge in [0.15, 0.2) is 0 Å².